The maximum atomic E-state index is 12.8. The standard InChI is InChI=1S/C20H14Cl2N4O2S/c1-2-9-25-18(28)13-5-3-4-6-16(13)26-19(25)23-24-20(26)29-11-17(27)12-7-8-14(21)15(22)10-12/h2-8,10H,1,9,11H2. The van der Waals surface area contributed by atoms with E-state index in [1.807, 2.05) is 12.1 Å². The van der Waals surface area contributed by atoms with Crippen molar-refractivity contribution in [3.63, 3.8) is 0 Å². The Morgan fingerprint density at radius 1 is 1.14 bits per heavy atom. The molecule has 4 aromatic rings. The van der Waals surface area contributed by atoms with Crippen LogP contribution in [0.2, 0.25) is 10.0 Å². The number of hydrogen-bond donors (Lipinski definition) is 0. The van der Waals surface area contributed by atoms with Crippen LogP contribution in [0.15, 0.2) is 65.1 Å². The molecule has 0 aliphatic rings. The lowest BCUT2D eigenvalue weighted by Gasteiger charge is -2.09. The minimum Gasteiger partial charge on any atom is -0.293 e. The molecule has 6 nitrogen and oxygen atoms in total. The number of para-hydroxylation sites is 1. The third kappa shape index (κ3) is 3.57. The third-order valence-corrected chi connectivity index (χ3v) is 6.03. The van der Waals surface area contributed by atoms with E-state index in [4.69, 9.17) is 23.2 Å². The summed E-state index contributed by atoms with van der Waals surface area (Å²) in [5.41, 5.74) is 0.986. The van der Waals surface area contributed by atoms with Gasteiger partial charge in [-0.25, -0.2) is 0 Å². The van der Waals surface area contributed by atoms with Gasteiger partial charge in [0, 0.05) is 12.1 Å². The van der Waals surface area contributed by atoms with Crippen molar-refractivity contribution in [1.82, 2.24) is 19.2 Å². The summed E-state index contributed by atoms with van der Waals surface area (Å²) in [6.07, 6.45) is 1.63. The van der Waals surface area contributed by atoms with E-state index in [1.165, 1.54) is 16.3 Å². The second-order valence-electron chi connectivity index (χ2n) is 6.18. The molecule has 0 fully saturated rings. The fourth-order valence-electron chi connectivity index (χ4n) is 3.00. The second kappa shape index (κ2) is 8.02. The van der Waals surface area contributed by atoms with E-state index < -0.39 is 0 Å². The Hall–Kier alpha value is -2.61. The maximum absolute atomic E-state index is 12.8. The number of rotatable bonds is 6. The van der Waals surface area contributed by atoms with E-state index in [1.54, 1.807) is 40.8 Å². The Kier molecular flexibility index (Phi) is 5.45. The number of carbonyl (C=O) groups excluding carboxylic acids is 1. The Balaban J connectivity index is 1.75. The van der Waals surface area contributed by atoms with Crippen molar-refractivity contribution in [3.8, 4) is 0 Å². The van der Waals surface area contributed by atoms with Gasteiger partial charge in [-0.05, 0) is 30.3 Å². The van der Waals surface area contributed by atoms with Crippen LogP contribution >= 0.6 is 35.0 Å². The molecule has 0 radical (unpaired) electrons. The normalized spacial score (nSPS) is 11.2. The predicted molar refractivity (Wildman–Crippen MR) is 116 cm³/mol. The van der Waals surface area contributed by atoms with Gasteiger partial charge >= 0.3 is 0 Å². The van der Waals surface area contributed by atoms with Gasteiger partial charge in [0.2, 0.25) is 5.78 Å². The molecule has 2 aromatic carbocycles. The zero-order chi connectivity index (χ0) is 20.5. The number of Topliss-reactive ketones (excluding diaryl/α,β-unsaturated/α-hetero) is 1. The first-order valence-corrected chi connectivity index (χ1v) is 10.3. The van der Waals surface area contributed by atoms with Gasteiger partial charge in [0.1, 0.15) is 0 Å². The summed E-state index contributed by atoms with van der Waals surface area (Å²) in [6.45, 7) is 4.01. The van der Waals surface area contributed by atoms with E-state index in [0.717, 1.165) is 0 Å². The molecular formula is C20H14Cl2N4O2S. The predicted octanol–water partition coefficient (Wildman–Crippen LogP) is 4.51. The monoisotopic (exact) mass is 444 g/mol. The summed E-state index contributed by atoms with van der Waals surface area (Å²) in [7, 11) is 0. The van der Waals surface area contributed by atoms with E-state index in [-0.39, 0.29) is 17.1 Å². The van der Waals surface area contributed by atoms with Gasteiger partial charge in [-0.3, -0.25) is 18.6 Å². The molecule has 0 unspecified atom stereocenters. The number of thioether (sulfide) groups is 1. The molecular weight excluding hydrogens is 431 g/mol. The molecule has 0 saturated heterocycles. The fourth-order valence-corrected chi connectivity index (χ4v) is 4.14. The zero-order valence-corrected chi connectivity index (χ0v) is 17.3. The van der Waals surface area contributed by atoms with E-state index in [9.17, 15) is 9.59 Å². The Morgan fingerprint density at radius 3 is 2.69 bits per heavy atom. The minimum absolute atomic E-state index is 0.117. The lowest BCUT2D eigenvalue weighted by molar-refractivity contribution is 0.102. The van der Waals surface area contributed by atoms with E-state index in [2.05, 4.69) is 16.8 Å². The summed E-state index contributed by atoms with van der Waals surface area (Å²) in [5, 5.41) is 10.2. The molecule has 0 N–H and O–H groups in total. The van der Waals surface area contributed by atoms with Gasteiger partial charge < -0.3 is 0 Å². The van der Waals surface area contributed by atoms with Gasteiger partial charge in [0.05, 0.1) is 26.7 Å². The molecule has 0 atom stereocenters. The summed E-state index contributed by atoms with van der Waals surface area (Å²) in [5.74, 6) is 0.417. The number of hydrogen-bond acceptors (Lipinski definition) is 5. The molecule has 29 heavy (non-hydrogen) atoms. The van der Waals surface area contributed by atoms with Crippen LogP contribution in [0.3, 0.4) is 0 Å². The molecule has 0 amide bonds. The number of benzene rings is 2. The number of carbonyl (C=O) groups is 1. The highest BCUT2D eigenvalue weighted by Gasteiger charge is 2.17. The highest BCUT2D eigenvalue weighted by atomic mass is 35.5. The topological polar surface area (TPSA) is 69.3 Å². The van der Waals surface area contributed by atoms with E-state index in [0.29, 0.717) is 44.0 Å². The molecule has 2 aromatic heterocycles. The average molecular weight is 445 g/mol. The largest absolute Gasteiger partial charge is 0.293 e. The van der Waals surface area contributed by atoms with Crippen LogP contribution in [-0.4, -0.2) is 30.7 Å². The minimum atomic E-state index is -0.163. The van der Waals surface area contributed by atoms with Gasteiger partial charge in [0.15, 0.2) is 10.9 Å². The summed E-state index contributed by atoms with van der Waals surface area (Å²) < 4.78 is 3.29. The van der Waals surface area contributed by atoms with Crippen LogP contribution in [0.5, 0.6) is 0 Å². The number of ketones is 1. The summed E-state index contributed by atoms with van der Waals surface area (Å²) >= 11 is 13.2. The highest BCUT2D eigenvalue weighted by molar-refractivity contribution is 7.99. The number of allylic oxidation sites excluding steroid dienone is 1. The van der Waals surface area contributed by atoms with Gasteiger partial charge in [-0.2, -0.15) is 0 Å². The second-order valence-corrected chi connectivity index (χ2v) is 7.94. The SMILES string of the molecule is C=CCn1c(=O)c2ccccc2n2c(SCC(=O)c3ccc(Cl)c(Cl)c3)nnc12. The number of aromatic nitrogens is 4. The van der Waals surface area contributed by atoms with Crippen LogP contribution in [0.1, 0.15) is 10.4 Å². The fraction of sp³-hybridized carbons (Fsp3) is 0.100. The smallest absolute Gasteiger partial charge is 0.263 e. The zero-order valence-electron chi connectivity index (χ0n) is 15.0. The van der Waals surface area contributed by atoms with Crippen LogP contribution in [-0.2, 0) is 6.54 Å². The lowest BCUT2D eigenvalue weighted by atomic mass is 10.1. The van der Waals surface area contributed by atoms with Crippen molar-refractivity contribution in [2.75, 3.05) is 5.75 Å². The molecule has 0 saturated carbocycles. The number of halogens is 2. The Morgan fingerprint density at radius 2 is 1.93 bits per heavy atom. The molecule has 0 aliphatic heterocycles. The van der Waals surface area contributed by atoms with Crippen LogP contribution in [0.4, 0.5) is 0 Å². The molecule has 9 heteroatoms. The Labute approximate surface area is 179 Å². The number of nitrogens with zero attached hydrogens (tertiary/aromatic N) is 4. The van der Waals surface area contributed by atoms with Crippen LogP contribution in [0.25, 0.3) is 16.7 Å². The van der Waals surface area contributed by atoms with Gasteiger partial charge in [-0.15, -0.1) is 16.8 Å². The average Bonchev–Trinajstić information content (AvgIpc) is 3.15. The first-order valence-electron chi connectivity index (χ1n) is 8.60. The van der Waals surface area contributed by atoms with Crippen LogP contribution in [0, 0.1) is 0 Å². The quantitative estimate of drug-likeness (QED) is 0.248. The highest BCUT2D eigenvalue weighted by Crippen LogP contribution is 2.25. The molecule has 146 valence electrons. The van der Waals surface area contributed by atoms with Crippen LogP contribution < -0.4 is 5.56 Å². The van der Waals surface area contributed by atoms with Crippen molar-refractivity contribution in [2.45, 2.75) is 11.7 Å². The van der Waals surface area contributed by atoms with Crippen molar-refractivity contribution < 1.29 is 4.79 Å². The molecule has 2 heterocycles. The van der Waals surface area contributed by atoms with Crippen molar-refractivity contribution in [2.24, 2.45) is 0 Å². The van der Waals surface area contributed by atoms with Gasteiger partial charge in [0.25, 0.3) is 5.56 Å². The first-order chi connectivity index (χ1) is 14.0. The summed E-state index contributed by atoms with van der Waals surface area (Å²) in [6, 6.07) is 12.0. The van der Waals surface area contributed by atoms with Crippen molar-refractivity contribution in [3.05, 3.63) is 81.1 Å². The summed E-state index contributed by atoms with van der Waals surface area (Å²) in [4.78, 5) is 25.4. The molecule has 0 aliphatic carbocycles. The molecule has 0 spiro atoms. The number of fused-ring (bicyclic) bond motifs is 3. The van der Waals surface area contributed by atoms with Crippen molar-refractivity contribution in [1.29, 1.82) is 0 Å². The van der Waals surface area contributed by atoms with Crippen molar-refractivity contribution >= 4 is 57.4 Å². The Bertz CT molecular complexity index is 1330. The molecule has 4 rings (SSSR count). The van der Waals surface area contributed by atoms with Gasteiger partial charge in [-0.1, -0.05) is 53.2 Å². The van der Waals surface area contributed by atoms with E-state index >= 15 is 0 Å². The first kappa shape index (κ1) is 19.7. The third-order valence-electron chi connectivity index (χ3n) is 4.36. The maximum Gasteiger partial charge on any atom is 0.263 e. The molecule has 0 bridgehead atoms. The lowest BCUT2D eigenvalue weighted by Crippen LogP contribution is -2.22.